The molecule has 0 unspecified atom stereocenters. The van der Waals surface area contributed by atoms with Gasteiger partial charge in [-0.05, 0) is 38.3 Å². The lowest BCUT2D eigenvalue weighted by Gasteiger charge is -2.24. The fraction of sp³-hybridized carbons (Fsp3) is 0.600. The van der Waals surface area contributed by atoms with Gasteiger partial charge in [-0.3, -0.25) is 0 Å². The lowest BCUT2D eigenvalue weighted by Crippen LogP contribution is -2.35. The molecule has 0 radical (unpaired) electrons. The molecule has 0 aliphatic carbocycles. The number of sulfonamides is 1. The summed E-state index contributed by atoms with van der Waals surface area (Å²) in [5.41, 5.74) is 1.09. The maximum Gasteiger partial charge on any atom is 0.243 e. The maximum atomic E-state index is 12.6. The van der Waals surface area contributed by atoms with Crippen molar-refractivity contribution in [2.45, 2.75) is 56.9 Å². The Balaban J connectivity index is 2.21. The van der Waals surface area contributed by atoms with E-state index >= 15 is 0 Å². The molecule has 0 saturated carbocycles. The SMILES string of the molecule is CCCC[C@@H]1CCCN1S(=O)(=O)c1ccc(C)cc1. The van der Waals surface area contributed by atoms with Crippen LogP contribution in [0.3, 0.4) is 0 Å². The van der Waals surface area contributed by atoms with Crippen LogP contribution in [0.1, 0.15) is 44.6 Å². The zero-order chi connectivity index (χ0) is 13.9. The molecular formula is C15H23NO2S. The van der Waals surface area contributed by atoms with Gasteiger partial charge in [-0.25, -0.2) is 8.42 Å². The second kappa shape index (κ2) is 6.06. The molecule has 0 spiro atoms. The molecule has 19 heavy (non-hydrogen) atoms. The van der Waals surface area contributed by atoms with Gasteiger partial charge in [-0.1, -0.05) is 37.5 Å². The van der Waals surface area contributed by atoms with Gasteiger partial charge in [0, 0.05) is 12.6 Å². The van der Waals surface area contributed by atoms with Crippen LogP contribution in [0.2, 0.25) is 0 Å². The molecule has 1 aromatic rings. The molecule has 4 heteroatoms. The van der Waals surface area contributed by atoms with E-state index in [1.807, 2.05) is 19.1 Å². The van der Waals surface area contributed by atoms with Crippen LogP contribution in [-0.4, -0.2) is 25.3 Å². The van der Waals surface area contributed by atoms with Gasteiger partial charge in [0.15, 0.2) is 0 Å². The van der Waals surface area contributed by atoms with Crippen molar-refractivity contribution >= 4 is 10.0 Å². The van der Waals surface area contributed by atoms with E-state index in [-0.39, 0.29) is 6.04 Å². The number of hydrogen-bond donors (Lipinski definition) is 0. The number of unbranched alkanes of at least 4 members (excludes halogenated alkanes) is 1. The Bertz CT molecular complexity index is 507. The van der Waals surface area contributed by atoms with E-state index in [9.17, 15) is 8.42 Å². The average molecular weight is 281 g/mol. The Hall–Kier alpha value is -0.870. The van der Waals surface area contributed by atoms with E-state index in [0.29, 0.717) is 11.4 Å². The molecule has 1 saturated heterocycles. The Labute approximate surface area is 116 Å². The number of nitrogens with zero attached hydrogens (tertiary/aromatic N) is 1. The molecule has 1 aliphatic heterocycles. The molecule has 1 aromatic carbocycles. The number of rotatable bonds is 5. The molecule has 0 bridgehead atoms. The van der Waals surface area contributed by atoms with Crippen LogP contribution in [0.5, 0.6) is 0 Å². The fourth-order valence-electron chi connectivity index (χ4n) is 2.70. The maximum absolute atomic E-state index is 12.6. The van der Waals surface area contributed by atoms with Crippen LogP contribution in [0.25, 0.3) is 0 Å². The lowest BCUT2D eigenvalue weighted by molar-refractivity contribution is 0.363. The predicted octanol–water partition coefficient (Wildman–Crippen LogP) is 3.34. The lowest BCUT2D eigenvalue weighted by atomic mass is 10.1. The van der Waals surface area contributed by atoms with Gasteiger partial charge in [0.1, 0.15) is 0 Å². The van der Waals surface area contributed by atoms with Crippen LogP contribution in [0, 0.1) is 6.92 Å². The molecule has 1 atom stereocenters. The van der Waals surface area contributed by atoms with Crippen molar-refractivity contribution in [3.63, 3.8) is 0 Å². The summed E-state index contributed by atoms with van der Waals surface area (Å²) in [6, 6.07) is 7.37. The van der Waals surface area contributed by atoms with Gasteiger partial charge in [0.25, 0.3) is 0 Å². The molecule has 2 rings (SSSR count). The number of hydrogen-bond acceptors (Lipinski definition) is 2. The van der Waals surface area contributed by atoms with Gasteiger partial charge in [-0.2, -0.15) is 4.31 Å². The van der Waals surface area contributed by atoms with E-state index in [1.165, 1.54) is 0 Å². The van der Waals surface area contributed by atoms with Crippen molar-refractivity contribution in [1.82, 2.24) is 4.31 Å². The Morgan fingerprint density at radius 1 is 1.26 bits per heavy atom. The average Bonchev–Trinajstić information content (AvgIpc) is 2.86. The van der Waals surface area contributed by atoms with Crippen molar-refractivity contribution in [3.05, 3.63) is 29.8 Å². The molecule has 3 nitrogen and oxygen atoms in total. The summed E-state index contributed by atoms with van der Waals surface area (Å²) in [6.07, 6.45) is 5.20. The summed E-state index contributed by atoms with van der Waals surface area (Å²) in [5, 5.41) is 0. The van der Waals surface area contributed by atoms with E-state index in [1.54, 1.807) is 16.4 Å². The zero-order valence-electron chi connectivity index (χ0n) is 11.8. The summed E-state index contributed by atoms with van der Waals surface area (Å²) < 4.78 is 27.0. The summed E-state index contributed by atoms with van der Waals surface area (Å²) in [7, 11) is -3.30. The third-order valence-electron chi connectivity index (χ3n) is 3.84. The summed E-state index contributed by atoms with van der Waals surface area (Å²) in [5.74, 6) is 0. The van der Waals surface area contributed by atoms with E-state index in [4.69, 9.17) is 0 Å². The largest absolute Gasteiger partial charge is 0.243 e. The van der Waals surface area contributed by atoms with Crippen molar-refractivity contribution in [3.8, 4) is 0 Å². The van der Waals surface area contributed by atoms with Crippen LogP contribution in [-0.2, 0) is 10.0 Å². The normalized spacial score (nSPS) is 20.8. The molecular weight excluding hydrogens is 258 g/mol. The van der Waals surface area contributed by atoms with Gasteiger partial charge >= 0.3 is 0 Å². The minimum atomic E-state index is -3.30. The fourth-order valence-corrected chi connectivity index (χ4v) is 4.42. The van der Waals surface area contributed by atoms with Gasteiger partial charge in [0.2, 0.25) is 10.0 Å². The van der Waals surface area contributed by atoms with E-state index < -0.39 is 10.0 Å². The monoisotopic (exact) mass is 281 g/mol. The van der Waals surface area contributed by atoms with Gasteiger partial charge in [0.05, 0.1) is 4.90 Å². The Morgan fingerprint density at radius 3 is 2.58 bits per heavy atom. The zero-order valence-corrected chi connectivity index (χ0v) is 12.6. The molecule has 0 aromatic heterocycles. The molecule has 1 heterocycles. The second-order valence-electron chi connectivity index (χ2n) is 5.37. The topological polar surface area (TPSA) is 37.4 Å². The Morgan fingerprint density at radius 2 is 1.95 bits per heavy atom. The number of benzene rings is 1. The van der Waals surface area contributed by atoms with Crippen LogP contribution >= 0.6 is 0 Å². The third-order valence-corrected chi connectivity index (χ3v) is 5.81. The van der Waals surface area contributed by atoms with Gasteiger partial charge < -0.3 is 0 Å². The number of aryl methyl sites for hydroxylation is 1. The molecule has 0 N–H and O–H groups in total. The molecule has 0 amide bonds. The summed E-state index contributed by atoms with van der Waals surface area (Å²) in [4.78, 5) is 0.432. The highest BCUT2D eigenvalue weighted by Crippen LogP contribution is 2.28. The highest BCUT2D eigenvalue weighted by Gasteiger charge is 2.34. The minimum absolute atomic E-state index is 0.200. The quantitative estimate of drug-likeness (QED) is 0.830. The molecule has 106 valence electrons. The standard InChI is InChI=1S/C15H23NO2S/c1-3-4-6-14-7-5-12-16(14)19(17,18)15-10-8-13(2)9-11-15/h8-11,14H,3-7,12H2,1-2H3/t14-/m1/s1. The van der Waals surface area contributed by atoms with Crippen LogP contribution in [0.15, 0.2) is 29.2 Å². The van der Waals surface area contributed by atoms with Crippen molar-refractivity contribution in [2.75, 3.05) is 6.54 Å². The smallest absolute Gasteiger partial charge is 0.207 e. The predicted molar refractivity (Wildman–Crippen MR) is 77.6 cm³/mol. The first kappa shape index (κ1) is 14.5. The summed E-state index contributed by atoms with van der Waals surface area (Å²) in [6.45, 7) is 4.79. The summed E-state index contributed by atoms with van der Waals surface area (Å²) >= 11 is 0. The minimum Gasteiger partial charge on any atom is -0.207 e. The van der Waals surface area contributed by atoms with Crippen LogP contribution < -0.4 is 0 Å². The Kier molecular flexibility index (Phi) is 4.63. The highest BCUT2D eigenvalue weighted by molar-refractivity contribution is 7.89. The molecule has 1 fully saturated rings. The van der Waals surface area contributed by atoms with Crippen molar-refractivity contribution in [2.24, 2.45) is 0 Å². The van der Waals surface area contributed by atoms with E-state index in [2.05, 4.69) is 6.92 Å². The first-order valence-corrected chi connectivity index (χ1v) is 8.58. The van der Waals surface area contributed by atoms with Crippen molar-refractivity contribution in [1.29, 1.82) is 0 Å². The second-order valence-corrected chi connectivity index (χ2v) is 7.26. The first-order chi connectivity index (χ1) is 9.05. The third kappa shape index (κ3) is 3.18. The molecule has 1 aliphatic rings. The highest BCUT2D eigenvalue weighted by atomic mass is 32.2. The van der Waals surface area contributed by atoms with E-state index in [0.717, 1.165) is 37.7 Å². The first-order valence-electron chi connectivity index (χ1n) is 7.14. The van der Waals surface area contributed by atoms with Crippen molar-refractivity contribution < 1.29 is 8.42 Å². The van der Waals surface area contributed by atoms with Crippen LogP contribution in [0.4, 0.5) is 0 Å². The van der Waals surface area contributed by atoms with Gasteiger partial charge in [-0.15, -0.1) is 0 Å².